The number of methoxy groups -OCH3 is 1. The first-order valence-corrected chi connectivity index (χ1v) is 11.4. The Kier molecular flexibility index (Phi) is 4.69. The molecule has 1 unspecified atom stereocenters. The van der Waals surface area contributed by atoms with Crippen LogP contribution in [0.4, 0.5) is 0 Å². The number of Topliss-reactive ketones (excluding diaryl/α,β-unsaturated/α-hetero) is 1. The number of carbonyl (C=O) groups excluding carboxylic acids is 3. The van der Waals surface area contributed by atoms with Crippen LogP contribution in [-0.2, 0) is 33.3 Å². The summed E-state index contributed by atoms with van der Waals surface area (Å²) in [7, 11) is 1.69. The van der Waals surface area contributed by atoms with Gasteiger partial charge in [0.2, 0.25) is 0 Å². The van der Waals surface area contributed by atoms with E-state index < -0.39 is 28.8 Å². The van der Waals surface area contributed by atoms with Gasteiger partial charge in [-0.05, 0) is 42.6 Å². The summed E-state index contributed by atoms with van der Waals surface area (Å²) in [6.45, 7) is 8.93. The van der Waals surface area contributed by atoms with Gasteiger partial charge in [0.05, 0.1) is 25.9 Å². The standard InChI is InChI=1S/C24H32O7/c1-13-15-8-16(31-14(2)25)19-23(12-30-21(27)24(19,9-15)20(13)26)7-5-6-22(3)11-29-10-17(28-4)18(22)23/h15-19H,1,5-12H2,2-4H3/t15-,16-,17+,18-,19?,22+,23+,24+/m1/s1. The number of hydrogen-bond donors (Lipinski definition) is 0. The molecule has 5 fully saturated rings. The predicted octanol–water partition coefficient (Wildman–Crippen LogP) is 2.46. The summed E-state index contributed by atoms with van der Waals surface area (Å²) < 4.78 is 23.6. The SMILES string of the molecule is C=C1C(=O)[C@]23C[C@H]1C[C@@H](OC(C)=O)C2[C@@]1(CCC[C@@]2(C)COC[C@H](OC)[C@H]21)COC3=O. The Bertz CT molecular complexity index is 847. The molecule has 2 spiro atoms. The zero-order valence-corrected chi connectivity index (χ0v) is 18.6. The summed E-state index contributed by atoms with van der Waals surface area (Å²) in [4.78, 5) is 39.0. The van der Waals surface area contributed by atoms with E-state index in [0.29, 0.717) is 31.6 Å². The van der Waals surface area contributed by atoms with E-state index in [1.165, 1.54) is 6.92 Å². The van der Waals surface area contributed by atoms with Gasteiger partial charge in [0.15, 0.2) is 5.78 Å². The first-order valence-electron chi connectivity index (χ1n) is 11.4. The van der Waals surface area contributed by atoms with Gasteiger partial charge in [-0.25, -0.2) is 0 Å². The Morgan fingerprint density at radius 2 is 1.94 bits per heavy atom. The maximum atomic E-state index is 13.6. The molecule has 31 heavy (non-hydrogen) atoms. The van der Waals surface area contributed by atoms with Gasteiger partial charge in [-0.3, -0.25) is 14.4 Å². The maximum absolute atomic E-state index is 13.6. The third kappa shape index (κ3) is 2.62. The average molecular weight is 433 g/mol. The highest BCUT2D eigenvalue weighted by atomic mass is 16.6. The van der Waals surface area contributed by atoms with Gasteiger partial charge in [-0.1, -0.05) is 19.9 Å². The molecule has 170 valence electrons. The number of carbonyl (C=O) groups is 3. The third-order valence-electron chi connectivity index (χ3n) is 9.10. The van der Waals surface area contributed by atoms with Crippen molar-refractivity contribution >= 4 is 17.7 Å². The van der Waals surface area contributed by atoms with Gasteiger partial charge in [0, 0.05) is 31.3 Å². The van der Waals surface area contributed by atoms with Gasteiger partial charge in [0.25, 0.3) is 0 Å². The van der Waals surface area contributed by atoms with Crippen LogP contribution in [-0.4, -0.2) is 56.9 Å². The molecule has 5 aliphatic rings. The van der Waals surface area contributed by atoms with Crippen molar-refractivity contribution in [1.29, 1.82) is 0 Å². The number of ketones is 1. The van der Waals surface area contributed by atoms with Crippen LogP contribution in [0.3, 0.4) is 0 Å². The molecule has 3 aliphatic carbocycles. The van der Waals surface area contributed by atoms with E-state index in [0.717, 1.165) is 19.3 Å². The van der Waals surface area contributed by atoms with Crippen molar-refractivity contribution in [3.05, 3.63) is 12.2 Å². The Labute approximate surface area is 182 Å². The van der Waals surface area contributed by atoms with E-state index in [2.05, 4.69) is 13.5 Å². The fourth-order valence-electron chi connectivity index (χ4n) is 8.24. The Balaban J connectivity index is 1.71. The highest BCUT2D eigenvalue weighted by Crippen LogP contribution is 2.69. The van der Waals surface area contributed by atoms with E-state index in [-0.39, 0.29) is 41.7 Å². The summed E-state index contributed by atoms with van der Waals surface area (Å²) >= 11 is 0. The van der Waals surface area contributed by atoms with Crippen molar-refractivity contribution in [2.75, 3.05) is 26.9 Å². The molecule has 2 heterocycles. The minimum atomic E-state index is -1.31. The molecule has 2 aliphatic heterocycles. The van der Waals surface area contributed by atoms with Gasteiger partial charge in [-0.2, -0.15) is 0 Å². The molecule has 0 aromatic rings. The first kappa shape index (κ1) is 21.1. The Morgan fingerprint density at radius 3 is 2.65 bits per heavy atom. The van der Waals surface area contributed by atoms with Crippen molar-refractivity contribution in [2.45, 2.75) is 58.2 Å². The van der Waals surface area contributed by atoms with Crippen LogP contribution in [0.5, 0.6) is 0 Å². The summed E-state index contributed by atoms with van der Waals surface area (Å²) in [5.41, 5.74) is -1.52. The monoisotopic (exact) mass is 432 g/mol. The molecule has 7 nitrogen and oxygen atoms in total. The number of allylic oxidation sites excluding steroid dienone is 1. The lowest BCUT2D eigenvalue weighted by molar-refractivity contribution is -0.268. The van der Waals surface area contributed by atoms with E-state index >= 15 is 0 Å². The Hall–Kier alpha value is -1.73. The van der Waals surface area contributed by atoms with Crippen LogP contribution < -0.4 is 0 Å². The topological polar surface area (TPSA) is 88.1 Å². The number of hydrogen-bond acceptors (Lipinski definition) is 7. The highest BCUT2D eigenvalue weighted by Gasteiger charge is 2.76. The average Bonchev–Trinajstić information content (AvgIpc) is 2.91. The molecular weight excluding hydrogens is 400 g/mol. The highest BCUT2D eigenvalue weighted by molar-refractivity contribution is 6.15. The minimum absolute atomic E-state index is 0.0266. The quantitative estimate of drug-likeness (QED) is 0.376. The second-order valence-electron chi connectivity index (χ2n) is 10.7. The Morgan fingerprint density at radius 1 is 1.16 bits per heavy atom. The van der Waals surface area contributed by atoms with Crippen LogP contribution in [0.2, 0.25) is 0 Å². The molecular formula is C24H32O7. The van der Waals surface area contributed by atoms with Crippen LogP contribution in [0.1, 0.15) is 46.0 Å². The number of rotatable bonds is 2. The number of esters is 2. The number of ether oxygens (including phenoxy) is 4. The molecule has 0 radical (unpaired) electrons. The molecule has 2 saturated heterocycles. The maximum Gasteiger partial charge on any atom is 0.320 e. The van der Waals surface area contributed by atoms with Crippen LogP contribution in [0.25, 0.3) is 0 Å². The predicted molar refractivity (Wildman–Crippen MR) is 109 cm³/mol. The molecule has 2 bridgehead atoms. The van der Waals surface area contributed by atoms with Crippen LogP contribution in [0.15, 0.2) is 12.2 Å². The van der Waals surface area contributed by atoms with Crippen molar-refractivity contribution < 1.29 is 33.3 Å². The van der Waals surface area contributed by atoms with Gasteiger partial charge in [-0.15, -0.1) is 0 Å². The normalized spacial score (nSPS) is 48.7. The number of cyclic esters (lactones) is 1. The van der Waals surface area contributed by atoms with E-state index in [4.69, 9.17) is 18.9 Å². The van der Waals surface area contributed by atoms with E-state index in [1.807, 2.05) is 0 Å². The summed E-state index contributed by atoms with van der Waals surface area (Å²) in [6.07, 6.45) is 2.96. The van der Waals surface area contributed by atoms with Crippen molar-refractivity contribution in [1.82, 2.24) is 0 Å². The molecule has 5 rings (SSSR count). The number of fused-ring (bicyclic) bond motifs is 4. The van der Waals surface area contributed by atoms with Crippen LogP contribution >= 0.6 is 0 Å². The smallest absolute Gasteiger partial charge is 0.320 e. The van der Waals surface area contributed by atoms with Crippen molar-refractivity contribution in [3.63, 3.8) is 0 Å². The van der Waals surface area contributed by atoms with Gasteiger partial charge < -0.3 is 18.9 Å². The lowest BCUT2D eigenvalue weighted by atomic mass is 9.42. The van der Waals surface area contributed by atoms with E-state index in [9.17, 15) is 14.4 Å². The van der Waals surface area contributed by atoms with Crippen molar-refractivity contribution in [2.24, 2.45) is 34.0 Å². The molecule has 3 saturated carbocycles. The minimum Gasteiger partial charge on any atom is -0.464 e. The molecule has 0 amide bonds. The third-order valence-corrected chi connectivity index (χ3v) is 9.10. The largest absolute Gasteiger partial charge is 0.464 e. The zero-order chi connectivity index (χ0) is 22.2. The summed E-state index contributed by atoms with van der Waals surface area (Å²) in [6, 6.07) is 0. The lowest BCUT2D eigenvalue weighted by Crippen LogP contribution is -2.70. The molecule has 7 heteroatoms. The summed E-state index contributed by atoms with van der Waals surface area (Å²) in [5, 5.41) is 0. The second kappa shape index (κ2) is 6.88. The molecule has 0 aromatic heterocycles. The first-order chi connectivity index (χ1) is 14.7. The van der Waals surface area contributed by atoms with E-state index in [1.54, 1.807) is 7.11 Å². The second-order valence-corrected chi connectivity index (χ2v) is 10.7. The van der Waals surface area contributed by atoms with Crippen LogP contribution in [0, 0.1) is 34.0 Å². The van der Waals surface area contributed by atoms with Crippen molar-refractivity contribution in [3.8, 4) is 0 Å². The van der Waals surface area contributed by atoms with Gasteiger partial charge in [0.1, 0.15) is 11.5 Å². The fraction of sp³-hybridized carbons (Fsp3) is 0.792. The zero-order valence-electron chi connectivity index (χ0n) is 18.6. The lowest BCUT2D eigenvalue weighted by Gasteiger charge is -2.65. The molecule has 8 atom stereocenters. The molecule has 0 N–H and O–H groups in total. The fourth-order valence-corrected chi connectivity index (χ4v) is 8.24. The van der Waals surface area contributed by atoms with Gasteiger partial charge >= 0.3 is 11.9 Å². The molecule has 0 aromatic carbocycles. The summed E-state index contributed by atoms with van der Waals surface area (Å²) in [5.74, 6) is -1.63.